The molecule has 3 rings (SSSR count). The second-order valence-corrected chi connectivity index (χ2v) is 7.53. The molecule has 0 unspecified atom stereocenters. The summed E-state index contributed by atoms with van der Waals surface area (Å²) in [6.07, 6.45) is 1.82. The van der Waals surface area contributed by atoms with Crippen LogP contribution in [0.5, 0.6) is 11.5 Å². The van der Waals surface area contributed by atoms with Gasteiger partial charge in [0.05, 0.1) is 7.11 Å². The van der Waals surface area contributed by atoms with Crippen LogP contribution >= 0.6 is 0 Å². The zero-order valence-electron chi connectivity index (χ0n) is 17.9. The molecule has 4 nitrogen and oxygen atoms in total. The quantitative estimate of drug-likeness (QED) is 0.525. The van der Waals surface area contributed by atoms with Gasteiger partial charge in [0, 0.05) is 17.2 Å². The lowest BCUT2D eigenvalue weighted by molar-refractivity contribution is 0.0938. The molecule has 30 heavy (non-hydrogen) atoms. The van der Waals surface area contributed by atoms with Crippen LogP contribution in [0.4, 0.5) is 0 Å². The van der Waals surface area contributed by atoms with Gasteiger partial charge in [-0.05, 0) is 62.6 Å². The fourth-order valence-corrected chi connectivity index (χ4v) is 3.24. The monoisotopic (exact) mass is 403 g/mol. The Bertz CT molecular complexity index is 952. The second-order valence-electron chi connectivity index (χ2n) is 7.53. The summed E-state index contributed by atoms with van der Waals surface area (Å²) in [5.74, 6) is 1.40. The third-order valence-corrected chi connectivity index (χ3v) is 5.04. The van der Waals surface area contributed by atoms with Crippen molar-refractivity contribution in [3.8, 4) is 11.5 Å². The summed E-state index contributed by atoms with van der Waals surface area (Å²) in [5, 5.41) is 3.09. The smallest absolute Gasteiger partial charge is 0.251 e. The zero-order valence-corrected chi connectivity index (χ0v) is 17.9. The molecule has 0 heterocycles. The molecule has 0 aliphatic rings. The van der Waals surface area contributed by atoms with Crippen LogP contribution < -0.4 is 14.8 Å². The van der Waals surface area contributed by atoms with Crippen LogP contribution in [0.3, 0.4) is 0 Å². The van der Waals surface area contributed by atoms with Gasteiger partial charge in [-0.2, -0.15) is 0 Å². The van der Waals surface area contributed by atoms with Gasteiger partial charge in [-0.15, -0.1) is 0 Å². The van der Waals surface area contributed by atoms with Gasteiger partial charge in [-0.25, -0.2) is 0 Å². The number of amides is 1. The Morgan fingerprint density at radius 1 is 1.00 bits per heavy atom. The van der Waals surface area contributed by atoms with Gasteiger partial charge in [0.2, 0.25) is 0 Å². The number of aryl methyl sites for hydroxylation is 2. The molecule has 0 fully saturated rings. The molecular formula is C26H29NO3. The Labute approximate surface area is 178 Å². The molecule has 156 valence electrons. The summed E-state index contributed by atoms with van der Waals surface area (Å²) in [7, 11) is 1.62. The lowest BCUT2D eigenvalue weighted by Gasteiger charge is -2.16. The van der Waals surface area contributed by atoms with E-state index in [0.29, 0.717) is 17.9 Å². The predicted molar refractivity (Wildman–Crippen MR) is 120 cm³/mol. The first kappa shape index (κ1) is 21.4. The molecule has 3 aromatic rings. The van der Waals surface area contributed by atoms with Gasteiger partial charge < -0.3 is 14.8 Å². The molecule has 3 aromatic carbocycles. The highest BCUT2D eigenvalue weighted by Gasteiger charge is 2.13. The number of carbonyl (C=O) groups is 1. The minimum Gasteiger partial charge on any atom is -0.496 e. The fourth-order valence-electron chi connectivity index (χ4n) is 3.24. The number of hydrogen-bond donors (Lipinski definition) is 1. The third kappa shape index (κ3) is 6.11. The number of benzene rings is 3. The molecular weight excluding hydrogens is 374 g/mol. The van der Waals surface area contributed by atoms with E-state index in [9.17, 15) is 4.79 Å². The number of ether oxygens (including phenoxy) is 2. The lowest BCUT2D eigenvalue weighted by atomic mass is 10.1. The molecule has 4 heteroatoms. The first-order valence-corrected chi connectivity index (χ1v) is 10.3. The van der Waals surface area contributed by atoms with Gasteiger partial charge in [-0.3, -0.25) is 4.79 Å². The van der Waals surface area contributed by atoms with Crippen molar-refractivity contribution in [2.24, 2.45) is 0 Å². The lowest BCUT2D eigenvalue weighted by Crippen LogP contribution is -2.33. The molecule has 1 N–H and O–H groups in total. The Morgan fingerprint density at radius 2 is 1.73 bits per heavy atom. The number of methoxy groups -OCH3 is 1. The van der Waals surface area contributed by atoms with Crippen LogP contribution in [0.1, 0.15) is 40.4 Å². The van der Waals surface area contributed by atoms with E-state index in [4.69, 9.17) is 9.47 Å². The van der Waals surface area contributed by atoms with Crippen molar-refractivity contribution in [3.05, 3.63) is 95.1 Å². The molecule has 0 aliphatic carbocycles. The Kier molecular flexibility index (Phi) is 7.50. The van der Waals surface area contributed by atoms with E-state index in [-0.39, 0.29) is 11.9 Å². The van der Waals surface area contributed by atoms with Gasteiger partial charge in [0.25, 0.3) is 5.91 Å². The van der Waals surface area contributed by atoms with E-state index in [1.54, 1.807) is 13.2 Å². The standard InChI is InChI=1S/C26H29NO3/c1-19-9-14-24(15-10-19)30-18-23-17-22(13-16-25(23)29-3)26(28)27-20(2)11-12-21-7-5-4-6-8-21/h4-10,13-17,20H,11-12,18H2,1-3H3,(H,27,28)/t20-/m0/s1. The summed E-state index contributed by atoms with van der Waals surface area (Å²) in [6.45, 7) is 4.40. The molecule has 1 amide bonds. The van der Waals surface area contributed by atoms with Crippen LogP contribution in [0.25, 0.3) is 0 Å². The molecule has 0 spiro atoms. The maximum atomic E-state index is 12.7. The van der Waals surface area contributed by atoms with Crippen LogP contribution in [0.2, 0.25) is 0 Å². The molecule has 0 radical (unpaired) electrons. The third-order valence-electron chi connectivity index (χ3n) is 5.04. The van der Waals surface area contributed by atoms with E-state index in [0.717, 1.165) is 24.2 Å². The zero-order chi connectivity index (χ0) is 21.3. The summed E-state index contributed by atoms with van der Waals surface area (Å²) < 4.78 is 11.3. The SMILES string of the molecule is COc1ccc(C(=O)N[C@@H](C)CCc2ccccc2)cc1COc1ccc(C)cc1. The van der Waals surface area contributed by atoms with Crippen molar-refractivity contribution in [2.45, 2.75) is 39.3 Å². The maximum absolute atomic E-state index is 12.7. The van der Waals surface area contributed by atoms with Crippen molar-refractivity contribution in [3.63, 3.8) is 0 Å². The average Bonchev–Trinajstić information content (AvgIpc) is 2.77. The molecule has 0 saturated heterocycles. The van der Waals surface area contributed by atoms with E-state index < -0.39 is 0 Å². The first-order chi connectivity index (χ1) is 14.5. The summed E-state index contributed by atoms with van der Waals surface area (Å²) in [6, 6.07) is 23.7. The Hall–Kier alpha value is -3.27. The second kappa shape index (κ2) is 10.5. The normalized spacial score (nSPS) is 11.6. The minimum absolute atomic E-state index is 0.0760. The molecule has 0 aliphatic heterocycles. The van der Waals surface area contributed by atoms with Crippen LogP contribution in [0.15, 0.2) is 72.8 Å². The van der Waals surface area contributed by atoms with Crippen molar-refractivity contribution in [2.75, 3.05) is 7.11 Å². The number of hydrogen-bond acceptors (Lipinski definition) is 3. The highest BCUT2D eigenvalue weighted by Crippen LogP contribution is 2.23. The highest BCUT2D eigenvalue weighted by molar-refractivity contribution is 5.94. The topological polar surface area (TPSA) is 47.6 Å². The van der Waals surface area contributed by atoms with E-state index in [1.807, 2.05) is 68.4 Å². The highest BCUT2D eigenvalue weighted by atomic mass is 16.5. The average molecular weight is 404 g/mol. The van der Waals surface area contributed by atoms with Gasteiger partial charge >= 0.3 is 0 Å². The molecule has 0 saturated carbocycles. The van der Waals surface area contributed by atoms with Crippen LogP contribution in [0, 0.1) is 6.92 Å². The van der Waals surface area contributed by atoms with Gasteiger partial charge in [0.15, 0.2) is 0 Å². The summed E-state index contributed by atoms with van der Waals surface area (Å²) in [4.78, 5) is 12.7. The number of rotatable bonds is 9. The summed E-state index contributed by atoms with van der Waals surface area (Å²) in [5.41, 5.74) is 3.89. The summed E-state index contributed by atoms with van der Waals surface area (Å²) >= 11 is 0. The van der Waals surface area contributed by atoms with Crippen molar-refractivity contribution < 1.29 is 14.3 Å². The van der Waals surface area contributed by atoms with E-state index >= 15 is 0 Å². The molecule has 0 aromatic heterocycles. The minimum atomic E-state index is -0.0881. The fraction of sp³-hybridized carbons (Fsp3) is 0.269. The Morgan fingerprint density at radius 3 is 2.43 bits per heavy atom. The maximum Gasteiger partial charge on any atom is 0.251 e. The largest absolute Gasteiger partial charge is 0.496 e. The molecule has 1 atom stereocenters. The van der Waals surface area contributed by atoms with Gasteiger partial charge in [0.1, 0.15) is 18.1 Å². The van der Waals surface area contributed by atoms with Crippen LogP contribution in [-0.4, -0.2) is 19.1 Å². The van der Waals surface area contributed by atoms with E-state index in [2.05, 4.69) is 17.4 Å². The number of nitrogens with one attached hydrogen (secondary N) is 1. The van der Waals surface area contributed by atoms with Crippen molar-refractivity contribution in [1.82, 2.24) is 5.32 Å². The Balaban J connectivity index is 1.61. The van der Waals surface area contributed by atoms with Crippen LogP contribution in [-0.2, 0) is 13.0 Å². The molecule has 0 bridgehead atoms. The predicted octanol–water partition coefficient (Wildman–Crippen LogP) is 5.33. The van der Waals surface area contributed by atoms with E-state index in [1.165, 1.54) is 11.1 Å². The first-order valence-electron chi connectivity index (χ1n) is 10.3. The van der Waals surface area contributed by atoms with Crippen molar-refractivity contribution in [1.29, 1.82) is 0 Å². The van der Waals surface area contributed by atoms with Crippen molar-refractivity contribution >= 4 is 5.91 Å². The number of carbonyl (C=O) groups excluding carboxylic acids is 1. The van der Waals surface area contributed by atoms with Gasteiger partial charge in [-0.1, -0.05) is 48.0 Å².